The highest BCUT2D eigenvalue weighted by molar-refractivity contribution is 6.00. The molecule has 2 N–H and O–H groups in total. The minimum absolute atomic E-state index is 0.0461. The van der Waals surface area contributed by atoms with Gasteiger partial charge in [-0.3, -0.25) is 14.6 Å². The van der Waals surface area contributed by atoms with Gasteiger partial charge >= 0.3 is 0 Å². The number of rotatable bonds is 11. The van der Waals surface area contributed by atoms with Crippen molar-refractivity contribution in [1.29, 1.82) is 0 Å². The molecule has 202 valence electrons. The molecule has 8 heteroatoms. The number of carbonyl (C=O) groups excluding carboxylic acids is 2. The molecule has 0 aliphatic heterocycles. The molecule has 0 aliphatic rings. The summed E-state index contributed by atoms with van der Waals surface area (Å²) in [5.74, 6) is -2.17. The monoisotopic (exact) mass is 523 g/mol. The largest absolute Gasteiger partial charge is 0.385 e. The molecule has 0 aliphatic carbocycles. The van der Waals surface area contributed by atoms with E-state index in [1.807, 2.05) is 20.8 Å². The number of hydrogen-bond donors (Lipinski definition) is 2. The Bertz CT molecular complexity index is 1240. The Morgan fingerprint density at radius 2 is 1.55 bits per heavy atom. The molecule has 1 heterocycles. The second-order valence-electron chi connectivity index (χ2n) is 9.65. The van der Waals surface area contributed by atoms with Crippen LogP contribution in [0, 0.1) is 25.5 Å². The number of amides is 2. The van der Waals surface area contributed by atoms with E-state index in [0.29, 0.717) is 24.3 Å². The van der Waals surface area contributed by atoms with Crippen LogP contribution in [0.4, 0.5) is 8.78 Å². The number of nitrogens with zero attached hydrogens (tertiary/aromatic N) is 2. The lowest BCUT2D eigenvalue weighted by molar-refractivity contribution is 0.0755. The normalized spacial score (nSPS) is 12.6. The van der Waals surface area contributed by atoms with Crippen molar-refractivity contribution in [2.24, 2.45) is 0 Å². The molecule has 38 heavy (non-hydrogen) atoms. The topological polar surface area (TPSA) is 82.5 Å². The van der Waals surface area contributed by atoms with Gasteiger partial charge < -0.3 is 15.3 Å². The second kappa shape index (κ2) is 13.2. The molecule has 0 radical (unpaired) electrons. The van der Waals surface area contributed by atoms with Crippen molar-refractivity contribution >= 4 is 11.8 Å². The zero-order valence-corrected chi connectivity index (χ0v) is 22.3. The second-order valence-corrected chi connectivity index (χ2v) is 9.65. The number of nitrogens with one attached hydrogen (secondary N) is 1. The number of pyridine rings is 1. The molecule has 1 aromatic heterocycles. The predicted octanol–water partition coefficient (Wildman–Crippen LogP) is 5.31. The molecule has 0 fully saturated rings. The van der Waals surface area contributed by atoms with Gasteiger partial charge in [-0.05, 0) is 86.2 Å². The summed E-state index contributed by atoms with van der Waals surface area (Å²) in [6.07, 6.45) is 1.93. The fourth-order valence-corrected chi connectivity index (χ4v) is 4.41. The zero-order valence-electron chi connectivity index (χ0n) is 22.3. The van der Waals surface area contributed by atoms with Crippen molar-refractivity contribution in [2.75, 3.05) is 13.1 Å². The summed E-state index contributed by atoms with van der Waals surface area (Å²) in [6.45, 7) is 8.90. The van der Waals surface area contributed by atoms with Gasteiger partial charge in [-0.2, -0.15) is 0 Å². The molecule has 1 unspecified atom stereocenters. The van der Waals surface area contributed by atoms with E-state index >= 15 is 0 Å². The van der Waals surface area contributed by atoms with Gasteiger partial charge in [0.1, 0.15) is 17.7 Å². The minimum Gasteiger partial charge on any atom is -0.385 e. The Morgan fingerprint density at radius 1 is 0.921 bits per heavy atom. The van der Waals surface area contributed by atoms with E-state index in [-0.39, 0.29) is 23.5 Å². The van der Waals surface area contributed by atoms with Crippen LogP contribution in [0.2, 0.25) is 0 Å². The Hall–Kier alpha value is -3.65. The molecular weight excluding hydrogens is 488 g/mol. The van der Waals surface area contributed by atoms with Gasteiger partial charge in [0, 0.05) is 36.5 Å². The zero-order chi connectivity index (χ0) is 27.8. The Balaban J connectivity index is 1.92. The molecule has 0 bridgehead atoms. The molecule has 2 amide bonds. The van der Waals surface area contributed by atoms with Gasteiger partial charge in [0.15, 0.2) is 0 Å². The molecule has 2 atom stereocenters. The molecule has 0 saturated heterocycles. The Morgan fingerprint density at radius 3 is 2.13 bits per heavy atom. The summed E-state index contributed by atoms with van der Waals surface area (Å²) in [7, 11) is 0. The highest BCUT2D eigenvalue weighted by Crippen LogP contribution is 2.21. The van der Waals surface area contributed by atoms with E-state index in [2.05, 4.69) is 10.3 Å². The van der Waals surface area contributed by atoms with Gasteiger partial charge in [-0.15, -0.1) is 0 Å². The number of hydrogen-bond acceptors (Lipinski definition) is 4. The van der Waals surface area contributed by atoms with Crippen molar-refractivity contribution in [3.8, 4) is 0 Å². The minimum atomic E-state index is -1.25. The van der Waals surface area contributed by atoms with Crippen LogP contribution in [0.15, 0.2) is 54.7 Å². The fourth-order valence-electron chi connectivity index (χ4n) is 4.41. The van der Waals surface area contributed by atoms with E-state index in [9.17, 15) is 23.5 Å². The molecule has 3 aromatic rings. The van der Waals surface area contributed by atoms with Crippen LogP contribution >= 0.6 is 0 Å². The fraction of sp³-hybridized carbons (Fsp3) is 0.367. The third-order valence-electron chi connectivity index (χ3n) is 6.17. The number of benzene rings is 2. The first-order valence-corrected chi connectivity index (χ1v) is 12.9. The van der Waals surface area contributed by atoms with E-state index in [4.69, 9.17) is 0 Å². The number of halogens is 2. The standard InChI is InChI=1S/C30H35F2N3O3/c1-5-9-35(10-6-2)30(38)23-12-20(4)11-22(16-23)29(37)34-27(15-21-13-24(31)17-25(32)14-21)28(36)26-8-7-19(3)18-33-26/h7-8,11-14,16-18,27-28,36H,5-6,9-10,15H2,1-4H3,(H,34,37)/t27-,28?/m0/s1. The van der Waals surface area contributed by atoms with E-state index in [1.165, 1.54) is 0 Å². The first-order chi connectivity index (χ1) is 18.1. The van der Waals surface area contributed by atoms with Crippen LogP contribution in [-0.2, 0) is 6.42 Å². The van der Waals surface area contributed by atoms with Gasteiger partial charge in [0.25, 0.3) is 11.8 Å². The van der Waals surface area contributed by atoms with Crippen molar-refractivity contribution in [3.63, 3.8) is 0 Å². The lowest BCUT2D eigenvalue weighted by atomic mass is 9.97. The summed E-state index contributed by atoms with van der Waals surface area (Å²) >= 11 is 0. The van der Waals surface area contributed by atoms with E-state index < -0.39 is 29.7 Å². The third-order valence-corrected chi connectivity index (χ3v) is 6.17. The SMILES string of the molecule is CCCN(CCC)C(=O)c1cc(C)cc(C(=O)N[C@@H](Cc2cc(F)cc(F)c2)C(O)c2ccc(C)cn2)c1. The summed E-state index contributed by atoms with van der Waals surface area (Å²) in [5.41, 5.74) is 2.87. The summed E-state index contributed by atoms with van der Waals surface area (Å²) in [5, 5.41) is 13.9. The number of aliphatic hydroxyl groups excluding tert-OH is 1. The number of aryl methyl sites for hydroxylation is 2. The number of aromatic nitrogens is 1. The maximum Gasteiger partial charge on any atom is 0.253 e. The van der Waals surface area contributed by atoms with Crippen LogP contribution in [0.3, 0.4) is 0 Å². The van der Waals surface area contributed by atoms with Crippen molar-refractivity contribution in [1.82, 2.24) is 15.2 Å². The molecular formula is C30H35F2N3O3. The molecule has 0 saturated carbocycles. The number of aliphatic hydroxyl groups is 1. The third kappa shape index (κ3) is 7.68. The molecule has 0 spiro atoms. The lowest BCUT2D eigenvalue weighted by Gasteiger charge is -2.25. The first-order valence-electron chi connectivity index (χ1n) is 12.9. The quantitative estimate of drug-likeness (QED) is 0.357. The van der Waals surface area contributed by atoms with E-state index in [0.717, 1.165) is 42.2 Å². The maximum absolute atomic E-state index is 13.9. The van der Waals surface area contributed by atoms with Gasteiger partial charge in [0.05, 0.1) is 11.7 Å². The van der Waals surface area contributed by atoms with Crippen LogP contribution in [0.1, 0.15) is 75.9 Å². The maximum atomic E-state index is 13.9. The molecule has 2 aromatic carbocycles. The highest BCUT2D eigenvalue weighted by atomic mass is 19.1. The summed E-state index contributed by atoms with van der Waals surface area (Å²) in [6, 6.07) is 10.5. The van der Waals surface area contributed by atoms with Crippen LogP contribution < -0.4 is 5.32 Å². The van der Waals surface area contributed by atoms with Gasteiger partial charge in [-0.25, -0.2) is 8.78 Å². The van der Waals surface area contributed by atoms with Crippen LogP contribution in [-0.4, -0.2) is 45.9 Å². The predicted molar refractivity (Wildman–Crippen MR) is 143 cm³/mol. The van der Waals surface area contributed by atoms with Crippen LogP contribution in [0.5, 0.6) is 0 Å². The van der Waals surface area contributed by atoms with Crippen LogP contribution in [0.25, 0.3) is 0 Å². The smallest absolute Gasteiger partial charge is 0.253 e. The average Bonchev–Trinajstić information content (AvgIpc) is 2.86. The Kier molecular flexibility index (Phi) is 10.1. The van der Waals surface area contributed by atoms with Crippen molar-refractivity contribution in [3.05, 3.63) is 99.9 Å². The van der Waals surface area contributed by atoms with Gasteiger partial charge in [-0.1, -0.05) is 19.9 Å². The number of carbonyl (C=O) groups is 2. The van der Waals surface area contributed by atoms with Gasteiger partial charge in [0.2, 0.25) is 0 Å². The average molecular weight is 524 g/mol. The summed E-state index contributed by atoms with van der Waals surface area (Å²) in [4.78, 5) is 32.6. The molecule has 3 rings (SSSR count). The van der Waals surface area contributed by atoms with E-state index in [1.54, 1.807) is 48.4 Å². The van der Waals surface area contributed by atoms with Crippen molar-refractivity contribution < 1.29 is 23.5 Å². The lowest BCUT2D eigenvalue weighted by Crippen LogP contribution is -2.41. The Labute approximate surface area is 222 Å². The summed E-state index contributed by atoms with van der Waals surface area (Å²) < 4.78 is 27.8. The molecule has 6 nitrogen and oxygen atoms in total. The first kappa shape index (κ1) is 28.9. The van der Waals surface area contributed by atoms with Crippen molar-refractivity contribution in [2.45, 2.75) is 59.1 Å². The highest BCUT2D eigenvalue weighted by Gasteiger charge is 2.26.